The number of piperidine rings is 1. The number of halogens is 1. The van der Waals surface area contributed by atoms with Crippen molar-refractivity contribution in [1.29, 1.82) is 0 Å². The number of carbonyl (C=O) groups excluding carboxylic acids is 1. The van der Waals surface area contributed by atoms with Crippen LogP contribution in [-0.4, -0.2) is 35.2 Å². The fourth-order valence-corrected chi connectivity index (χ4v) is 3.64. The van der Waals surface area contributed by atoms with Crippen LogP contribution in [0.4, 0.5) is 9.18 Å². The molecule has 2 N–H and O–H groups in total. The largest absolute Gasteiger partial charge is 0.491 e. The molecule has 0 spiro atoms. The fraction of sp³-hybridized carbons (Fsp3) is 0.435. The molecule has 1 aliphatic rings. The van der Waals surface area contributed by atoms with E-state index < -0.39 is 6.10 Å². The van der Waals surface area contributed by atoms with Gasteiger partial charge in [-0.1, -0.05) is 24.3 Å². The van der Waals surface area contributed by atoms with Crippen molar-refractivity contribution in [2.45, 2.75) is 45.4 Å². The van der Waals surface area contributed by atoms with Crippen molar-refractivity contribution in [3.05, 3.63) is 65.5 Å². The molecule has 0 radical (unpaired) electrons. The number of nitrogens with zero attached hydrogens (tertiary/aromatic N) is 1. The molecule has 2 amide bonds. The first-order chi connectivity index (χ1) is 13.9. The average molecular weight is 400 g/mol. The zero-order chi connectivity index (χ0) is 20.8. The molecule has 0 aliphatic carbocycles. The van der Waals surface area contributed by atoms with Gasteiger partial charge in [-0.3, -0.25) is 0 Å². The van der Waals surface area contributed by atoms with Crippen LogP contribution in [0.2, 0.25) is 0 Å². The lowest BCUT2D eigenvalue weighted by Gasteiger charge is -2.34. The number of aliphatic hydroxyl groups is 1. The molecule has 5 nitrogen and oxygen atoms in total. The summed E-state index contributed by atoms with van der Waals surface area (Å²) in [6, 6.07) is 13.6. The molecule has 0 saturated carbocycles. The van der Waals surface area contributed by atoms with Crippen LogP contribution in [0.1, 0.15) is 43.9 Å². The molecule has 1 fully saturated rings. The third kappa shape index (κ3) is 5.94. The monoisotopic (exact) mass is 400 g/mol. The Hall–Kier alpha value is -2.60. The van der Waals surface area contributed by atoms with Gasteiger partial charge in [0.2, 0.25) is 0 Å². The van der Waals surface area contributed by atoms with Crippen molar-refractivity contribution in [2.75, 3.05) is 13.1 Å². The van der Waals surface area contributed by atoms with Gasteiger partial charge in [-0.05, 0) is 68.0 Å². The zero-order valence-electron chi connectivity index (χ0n) is 17.0. The van der Waals surface area contributed by atoms with E-state index in [2.05, 4.69) is 5.32 Å². The number of nitrogens with one attached hydrogen (secondary N) is 1. The van der Waals surface area contributed by atoms with Gasteiger partial charge in [0.05, 0.1) is 12.2 Å². The third-order valence-electron chi connectivity index (χ3n) is 5.20. The topological polar surface area (TPSA) is 61.8 Å². The molecule has 2 aromatic rings. The first kappa shape index (κ1) is 21.1. The molecule has 6 heteroatoms. The molecular formula is C23H29FN2O3. The summed E-state index contributed by atoms with van der Waals surface area (Å²) < 4.78 is 18.8. The molecule has 156 valence electrons. The van der Waals surface area contributed by atoms with Crippen molar-refractivity contribution in [3.63, 3.8) is 0 Å². The second kappa shape index (κ2) is 9.74. The molecule has 29 heavy (non-hydrogen) atoms. The molecule has 1 unspecified atom stereocenters. The Labute approximate surface area is 171 Å². The number of aliphatic hydroxyl groups excluding tert-OH is 1. The second-order valence-corrected chi connectivity index (χ2v) is 7.79. The van der Waals surface area contributed by atoms with E-state index in [0.29, 0.717) is 32.5 Å². The fourth-order valence-electron chi connectivity index (χ4n) is 3.64. The predicted octanol–water partition coefficient (Wildman–Crippen LogP) is 4.27. The van der Waals surface area contributed by atoms with E-state index in [0.717, 1.165) is 16.9 Å². The summed E-state index contributed by atoms with van der Waals surface area (Å²) in [6.45, 7) is 5.57. The van der Waals surface area contributed by atoms with E-state index >= 15 is 0 Å². The van der Waals surface area contributed by atoms with Crippen LogP contribution in [0, 0.1) is 11.7 Å². The number of hydrogen-bond donors (Lipinski definition) is 2. The average Bonchev–Trinajstić information content (AvgIpc) is 2.72. The number of urea groups is 1. The maximum Gasteiger partial charge on any atom is 0.317 e. The van der Waals surface area contributed by atoms with Crippen LogP contribution in [0.15, 0.2) is 48.5 Å². The van der Waals surface area contributed by atoms with Crippen molar-refractivity contribution >= 4 is 6.03 Å². The molecule has 1 atom stereocenters. The van der Waals surface area contributed by atoms with Crippen LogP contribution in [0.3, 0.4) is 0 Å². The van der Waals surface area contributed by atoms with Crippen molar-refractivity contribution in [3.8, 4) is 5.75 Å². The first-order valence-electron chi connectivity index (χ1n) is 10.1. The number of likely N-dealkylation sites (tertiary alicyclic amines) is 1. The van der Waals surface area contributed by atoms with Gasteiger partial charge in [0, 0.05) is 19.6 Å². The van der Waals surface area contributed by atoms with E-state index in [1.807, 2.05) is 38.1 Å². The Morgan fingerprint density at radius 3 is 2.55 bits per heavy atom. The Morgan fingerprint density at radius 2 is 1.90 bits per heavy atom. The Balaban J connectivity index is 1.47. The molecular weight excluding hydrogens is 371 g/mol. The van der Waals surface area contributed by atoms with E-state index in [9.17, 15) is 14.3 Å². The zero-order valence-corrected chi connectivity index (χ0v) is 17.0. The number of carbonyl (C=O) groups is 1. The summed E-state index contributed by atoms with van der Waals surface area (Å²) in [5, 5.41) is 13.5. The van der Waals surface area contributed by atoms with Gasteiger partial charge < -0.3 is 20.1 Å². The summed E-state index contributed by atoms with van der Waals surface area (Å²) in [5.74, 6) is 0.547. The highest BCUT2D eigenvalue weighted by Gasteiger charge is 2.28. The highest BCUT2D eigenvalue weighted by atomic mass is 19.1. The molecule has 3 rings (SSSR count). The number of ether oxygens (including phenoxy) is 1. The van der Waals surface area contributed by atoms with Crippen molar-refractivity contribution in [2.24, 2.45) is 5.92 Å². The van der Waals surface area contributed by atoms with E-state index in [1.165, 1.54) is 12.1 Å². The van der Waals surface area contributed by atoms with E-state index in [1.54, 1.807) is 17.0 Å². The van der Waals surface area contributed by atoms with Crippen LogP contribution < -0.4 is 10.1 Å². The van der Waals surface area contributed by atoms with Gasteiger partial charge in [0.1, 0.15) is 11.6 Å². The number of benzene rings is 2. The Bertz CT molecular complexity index is 802. The van der Waals surface area contributed by atoms with E-state index in [-0.39, 0.29) is 23.9 Å². The number of hydrogen-bond acceptors (Lipinski definition) is 3. The molecule has 1 heterocycles. The lowest BCUT2D eigenvalue weighted by molar-refractivity contribution is 0.0664. The summed E-state index contributed by atoms with van der Waals surface area (Å²) >= 11 is 0. The van der Waals surface area contributed by atoms with Gasteiger partial charge in [0.25, 0.3) is 0 Å². The molecule has 1 saturated heterocycles. The van der Waals surface area contributed by atoms with Gasteiger partial charge in [-0.15, -0.1) is 0 Å². The number of amides is 2. The molecule has 0 aromatic heterocycles. The highest BCUT2D eigenvalue weighted by Crippen LogP contribution is 2.30. The first-order valence-corrected chi connectivity index (χ1v) is 10.1. The van der Waals surface area contributed by atoms with Crippen LogP contribution >= 0.6 is 0 Å². The molecule has 0 bridgehead atoms. The Kier molecular flexibility index (Phi) is 7.09. The Morgan fingerprint density at radius 1 is 1.21 bits per heavy atom. The predicted molar refractivity (Wildman–Crippen MR) is 110 cm³/mol. The van der Waals surface area contributed by atoms with Crippen LogP contribution in [0.25, 0.3) is 0 Å². The third-order valence-corrected chi connectivity index (χ3v) is 5.20. The minimum Gasteiger partial charge on any atom is -0.491 e. The van der Waals surface area contributed by atoms with Crippen LogP contribution in [0.5, 0.6) is 5.75 Å². The summed E-state index contributed by atoms with van der Waals surface area (Å²) in [5.41, 5.74) is 1.70. The van der Waals surface area contributed by atoms with Gasteiger partial charge in [-0.2, -0.15) is 0 Å². The normalized spacial score (nSPS) is 16.0. The standard InChI is InChI=1S/C23H29FN2O3/c1-16(2)29-21-5-3-4-17(14-21)15-25-23(28)26-12-10-19(11-13-26)22(27)18-6-8-20(24)9-7-18/h3-9,14,16,19,22,27H,10-13,15H2,1-2H3,(H,25,28). The second-order valence-electron chi connectivity index (χ2n) is 7.79. The van der Waals surface area contributed by atoms with Gasteiger partial charge in [0.15, 0.2) is 0 Å². The smallest absolute Gasteiger partial charge is 0.317 e. The minimum atomic E-state index is -0.635. The summed E-state index contributed by atoms with van der Waals surface area (Å²) in [4.78, 5) is 14.3. The SMILES string of the molecule is CC(C)Oc1cccc(CNC(=O)N2CCC(C(O)c3ccc(F)cc3)CC2)c1. The highest BCUT2D eigenvalue weighted by molar-refractivity contribution is 5.74. The number of rotatable bonds is 6. The van der Waals surface area contributed by atoms with Crippen molar-refractivity contribution < 1.29 is 19.0 Å². The maximum absolute atomic E-state index is 13.1. The van der Waals surface area contributed by atoms with Crippen molar-refractivity contribution in [1.82, 2.24) is 10.2 Å². The van der Waals surface area contributed by atoms with Gasteiger partial charge >= 0.3 is 6.03 Å². The van der Waals surface area contributed by atoms with E-state index in [4.69, 9.17) is 4.74 Å². The van der Waals surface area contributed by atoms with Gasteiger partial charge in [-0.25, -0.2) is 9.18 Å². The maximum atomic E-state index is 13.1. The lowest BCUT2D eigenvalue weighted by Crippen LogP contribution is -2.44. The minimum absolute atomic E-state index is 0.0642. The molecule has 1 aliphatic heterocycles. The lowest BCUT2D eigenvalue weighted by atomic mass is 9.87. The summed E-state index contributed by atoms with van der Waals surface area (Å²) in [6.07, 6.45) is 0.892. The summed E-state index contributed by atoms with van der Waals surface area (Å²) in [7, 11) is 0. The molecule has 2 aromatic carbocycles. The quantitative estimate of drug-likeness (QED) is 0.761. The van der Waals surface area contributed by atoms with Crippen LogP contribution in [-0.2, 0) is 6.54 Å².